The smallest absolute Gasteiger partial charge is 0.239 e. The van der Waals surface area contributed by atoms with Crippen LogP contribution in [0, 0.1) is 5.92 Å². The molecule has 0 amide bonds. The van der Waals surface area contributed by atoms with E-state index in [9.17, 15) is 0 Å². The maximum Gasteiger partial charge on any atom is 0.239 e. The minimum absolute atomic E-state index is 0.0845. The summed E-state index contributed by atoms with van der Waals surface area (Å²) in [5.74, 6) is 2.28. The molecule has 1 aliphatic carbocycles. The van der Waals surface area contributed by atoms with Crippen LogP contribution in [0.15, 0.2) is 12.1 Å². The first kappa shape index (κ1) is 13.0. The fraction of sp³-hybridized carbons (Fsp3) is 0.643. The number of aromatic nitrogens is 1. The third-order valence-electron chi connectivity index (χ3n) is 3.50. The van der Waals surface area contributed by atoms with Crippen molar-refractivity contribution >= 4 is 11.5 Å². The molecule has 0 aromatic carbocycles. The first-order valence-electron chi connectivity index (χ1n) is 6.65. The molecule has 100 valence electrons. The zero-order valence-electron chi connectivity index (χ0n) is 11.7. The minimum Gasteiger partial charge on any atom is -0.473 e. The van der Waals surface area contributed by atoms with E-state index in [-0.39, 0.29) is 6.10 Å². The van der Waals surface area contributed by atoms with Crippen LogP contribution >= 0.6 is 0 Å². The van der Waals surface area contributed by atoms with Gasteiger partial charge in [-0.25, -0.2) is 0 Å². The van der Waals surface area contributed by atoms with E-state index in [1.807, 2.05) is 26.0 Å². The molecule has 1 heterocycles. The van der Waals surface area contributed by atoms with Crippen LogP contribution in [0.1, 0.15) is 33.6 Å². The maximum atomic E-state index is 5.88. The van der Waals surface area contributed by atoms with E-state index in [0.717, 1.165) is 11.7 Å². The molecule has 0 spiro atoms. The number of nitrogen functional groups attached to an aromatic ring is 1. The summed E-state index contributed by atoms with van der Waals surface area (Å²) in [6.07, 6.45) is 2.74. The number of hydrogen-bond donors (Lipinski definition) is 1. The molecule has 2 N–H and O–H groups in total. The van der Waals surface area contributed by atoms with Crippen molar-refractivity contribution in [3.05, 3.63) is 12.1 Å². The Morgan fingerprint density at radius 2 is 2.00 bits per heavy atom. The van der Waals surface area contributed by atoms with Gasteiger partial charge in [0.15, 0.2) is 0 Å². The molecule has 1 aliphatic rings. The number of pyridine rings is 1. The fourth-order valence-corrected chi connectivity index (χ4v) is 2.06. The number of rotatable bonds is 5. The van der Waals surface area contributed by atoms with Gasteiger partial charge in [0, 0.05) is 13.1 Å². The molecule has 1 fully saturated rings. The summed E-state index contributed by atoms with van der Waals surface area (Å²) < 4.78 is 5.63. The molecule has 1 aromatic heterocycles. The zero-order valence-corrected chi connectivity index (χ0v) is 11.7. The molecule has 1 atom stereocenters. The van der Waals surface area contributed by atoms with Crippen molar-refractivity contribution in [1.82, 2.24) is 4.98 Å². The van der Waals surface area contributed by atoms with Gasteiger partial charge in [0.1, 0.15) is 5.82 Å². The van der Waals surface area contributed by atoms with Gasteiger partial charge in [-0.1, -0.05) is 0 Å². The van der Waals surface area contributed by atoms with E-state index in [4.69, 9.17) is 10.5 Å². The predicted octanol–water partition coefficient (Wildman–Crippen LogP) is 2.69. The Morgan fingerprint density at radius 3 is 2.56 bits per heavy atom. The van der Waals surface area contributed by atoms with Crippen LogP contribution in [0.5, 0.6) is 5.88 Å². The quantitative estimate of drug-likeness (QED) is 0.871. The van der Waals surface area contributed by atoms with E-state index >= 15 is 0 Å². The Morgan fingerprint density at radius 1 is 1.33 bits per heavy atom. The molecule has 1 aromatic rings. The average molecular weight is 249 g/mol. The molecule has 0 bridgehead atoms. The first-order valence-corrected chi connectivity index (χ1v) is 6.65. The highest BCUT2D eigenvalue weighted by atomic mass is 16.5. The van der Waals surface area contributed by atoms with Crippen LogP contribution in [-0.4, -0.2) is 24.2 Å². The van der Waals surface area contributed by atoms with Gasteiger partial charge in [-0.05, 0) is 51.7 Å². The molecule has 18 heavy (non-hydrogen) atoms. The van der Waals surface area contributed by atoms with Crippen LogP contribution in [0.2, 0.25) is 0 Å². The summed E-state index contributed by atoms with van der Waals surface area (Å²) >= 11 is 0. The molecule has 1 saturated carbocycles. The van der Waals surface area contributed by atoms with Crippen LogP contribution in [0.25, 0.3) is 0 Å². The molecule has 2 rings (SSSR count). The summed E-state index contributed by atoms with van der Waals surface area (Å²) in [5, 5.41) is 0. The van der Waals surface area contributed by atoms with Crippen LogP contribution in [0.4, 0.5) is 11.5 Å². The Labute approximate surface area is 109 Å². The van der Waals surface area contributed by atoms with Crippen molar-refractivity contribution in [2.75, 3.05) is 17.7 Å². The number of hydrogen-bond acceptors (Lipinski definition) is 4. The van der Waals surface area contributed by atoms with Crippen LogP contribution < -0.4 is 15.4 Å². The molecule has 1 unspecified atom stereocenters. The summed E-state index contributed by atoms with van der Waals surface area (Å²) in [6, 6.07) is 4.35. The van der Waals surface area contributed by atoms with Gasteiger partial charge in [0.25, 0.3) is 0 Å². The Balaban J connectivity index is 2.17. The van der Waals surface area contributed by atoms with E-state index in [2.05, 4.69) is 23.9 Å². The van der Waals surface area contributed by atoms with Crippen molar-refractivity contribution < 1.29 is 4.74 Å². The van der Waals surface area contributed by atoms with Gasteiger partial charge < -0.3 is 15.4 Å². The Hall–Kier alpha value is -1.45. The lowest BCUT2D eigenvalue weighted by Gasteiger charge is -2.26. The van der Waals surface area contributed by atoms with E-state index in [1.54, 1.807) is 0 Å². The molecule has 4 heteroatoms. The third kappa shape index (κ3) is 2.86. The fourth-order valence-electron chi connectivity index (χ4n) is 2.06. The SMILES string of the molecule is CC(C)Oc1nc(N(C)C(C)C2CC2)ccc1N. The highest BCUT2D eigenvalue weighted by Crippen LogP contribution is 2.36. The van der Waals surface area contributed by atoms with Crippen LogP contribution in [-0.2, 0) is 0 Å². The zero-order chi connectivity index (χ0) is 13.3. The van der Waals surface area contributed by atoms with Crippen molar-refractivity contribution in [1.29, 1.82) is 0 Å². The second-order valence-corrected chi connectivity index (χ2v) is 5.42. The van der Waals surface area contributed by atoms with Crippen LogP contribution in [0.3, 0.4) is 0 Å². The normalized spacial score (nSPS) is 16.7. The lowest BCUT2D eigenvalue weighted by Crippen LogP contribution is -2.31. The van der Waals surface area contributed by atoms with Crippen molar-refractivity contribution in [3.8, 4) is 5.88 Å². The average Bonchev–Trinajstić information content (AvgIpc) is 3.13. The number of nitrogens with two attached hydrogens (primary N) is 1. The summed E-state index contributed by atoms with van der Waals surface area (Å²) in [4.78, 5) is 6.73. The summed E-state index contributed by atoms with van der Waals surface area (Å²) in [6.45, 7) is 6.20. The highest BCUT2D eigenvalue weighted by molar-refractivity contribution is 5.54. The van der Waals surface area contributed by atoms with Gasteiger partial charge in [-0.15, -0.1) is 0 Å². The van der Waals surface area contributed by atoms with Crippen molar-refractivity contribution in [2.45, 2.75) is 45.8 Å². The summed E-state index contributed by atoms with van der Waals surface area (Å²) in [5.41, 5.74) is 6.48. The standard InChI is InChI=1S/C14H23N3O/c1-9(2)18-14-12(15)7-8-13(16-14)17(4)10(3)11-5-6-11/h7-11H,5-6,15H2,1-4H3. The Kier molecular flexibility index (Phi) is 3.64. The number of ether oxygens (including phenoxy) is 1. The number of anilines is 2. The second kappa shape index (κ2) is 5.04. The number of nitrogens with zero attached hydrogens (tertiary/aromatic N) is 2. The largest absolute Gasteiger partial charge is 0.473 e. The van der Waals surface area contributed by atoms with E-state index in [1.165, 1.54) is 12.8 Å². The predicted molar refractivity (Wildman–Crippen MR) is 75.0 cm³/mol. The molecular formula is C14H23N3O. The maximum absolute atomic E-state index is 5.88. The lowest BCUT2D eigenvalue weighted by molar-refractivity contribution is 0.234. The molecule has 0 saturated heterocycles. The Bertz CT molecular complexity index is 416. The molecular weight excluding hydrogens is 226 g/mol. The molecule has 0 aliphatic heterocycles. The third-order valence-corrected chi connectivity index (χ3v) is 3.50. The molecule has 4 nitrogen and oxygen atoms in total. The van der Waals surface area contributed by atoms with Gasteiger partial charge in [-0.2, -0.15) is 4.98 Å². The van der Waals surface area contributed by atoms with Crippen molar-refractivity contribution in [3.63, 3.8) is 0 Å². The van der Waals surface area contributed by atoms with Gasteiger partial charge in [0.2, 0.25) is 5.88 Å². The van der Waals surface area contributed by atoms with Gasteiger partial charge in [-0.3, -0.25) is 0 Å². The molecule has 0 radical (unpaired) electrons. The second-order valence-electron chi connectivity index (χ2n) is 5.42. The van der Waals surface area contributed by atoms with Crippen molar-refractivity contribution in [2.24, 2.45) is 5.92 Å². The summed E-state index contributed by atoms with van der Waals surface area (Å²) in [7, 11) is 2.08. The van der Waals surface area contributed by atoms with Gasteiger partial charge in [0.05, 0.1) is 11.8 Å². The minimum atomic E-state index is 0.0845. The monoisotopic (exact) mass is 249 g/mol. The lowest BCUT2D eigenvalue weighted by atomic mass is 10.2. The van der Waals surface area contributed by atoms with E-state index < -0.39 is 0 Å². The topological polar surface area (TPSA) is 51.4 Å². The highest BCUT2D eigenvalue weighted by Gasteiger charge is 2.31. The van der Waals surface area contributed by atoms with Gasteiger partial charge >= 0.3 is 0 Å². The van der Waals surface area contributed by atoms with E-state index in [0.29, 0.717) is 17.6 Å². The first-order chi connectivity index (χ1) is 8.49.